The lowest BCUT2D eigenvalue weighted by Gasteiger charge is -2.02. The second-order valence-electron chi connectivity index (χ2n) is 3.84. The van der Waals surface area contributed by atoms with Gasteiger partial charge in [-0.25, -0.2) is 9.07 Å². The van der Waals surface area contributed by atoms with E-state index in [0.29, 0.717) is 23.6 Å². The van der Waals surface area contributed by atoms with Crippen LogP contribution in [0.15, 0.2) is 30.3 Å². The van der Waals surface area contributed by atoms with Crippen LogP contribution in [0.2, 0.25) is 0 Å². The molecule has 94 valence electrons. The summed E-state index contributed by atoms with van der Waals surface area (Å²) < 4.78 is 14.2. The van der Waals surface area contributed by atoms with Crippen molar-refractivity contribution in [2.24, 2.45) is 0 Å². The minimum absolute atomic E-state index is 0.000128. The number of anilines is 1. The molecule has 0 radical (unpaired) electrons. The number of rotatable bonds is 4. The number of hydrogen-bond acceptors (Lipinski definition) is 3. The molecule has 2 rings (SSSR count). The molecule has 0 aliphatic heterocycles. The molecule has 1 aromatic carbocycles. The number of aliphatic carboxylic acids is 1. The minimum atomic E-state index is -0.884. The van der Waals surface area contributed by atoms with Crippen molar-refractivity contribution < 1.29 is 14.3 Å². The number of hydrogen-bond donors (Lipinski definition) is 2. The number of nitrogens with zero attached hydrogens (tertiary/aromatic N) is 2. The largest absolute Gasteiger partial charge is 0.481 e. The first kappa shape index (κ1) is 12.1. The van der Waals surface area contributed by atoms with Crippen LogP contribution in [0.3, 0.4) is 0 Å². The third-order valence-corrected chi connectivity index (χ3v) is 2.45. The molecular weight excluding hydrogens is 237 g/mol. The molecule has 0 unspecified atom stereocenters. The van der Waals surface area contributed by atoms with Crippen molar-refractivity contribution >= 4 is 11.8 Å². The molecule has 3 N–H and O–H groups in total. The Hall–Kier alpha value is -2.37. The van der Waals surface area contributed by atoms with E-state index in [0.717, 1.165) is 0 Å². The lowest BCUT2D eigenvalue weighted by molar-refractivity contribution is -0.136. The van der Waals surface area contributed by atoms with Crippen LogP contribution in [0, 0.1) is 5.82 Å². The quantitative estimate of drug-likeness (QED) is 0.862. The molecule has 0 spiro atoms. The van der Waals surface area contributed by atoms with Crippen LogP contribution in [0.1, 0.15) is 12.1 Å². The SMILES string of the molecule is Nc1cc(CCC(=O)O)nn1-c1ccc(F)cc1. The number of carboxylic acids is 1. The Morgan fingerprint density at radius 2 is 2.06 bits per heavy atom. The van der Waals surface area contributed by atoms with Crippen molar-refractivity contribution in [2.75, 3.05) is 5.73 Å². The standard InChI is InChI=1S/C12H12FN3O2/c13-8-1-4-10(5-2-8)16-11(14)7-9(15-16)3-6-12(17)18/h1-2,4-5,7H,3,6,14H2,(H,17,18). The van der Waals surface area contributed by atoms with Gasteiger partial charge in [-0.2, -0.15) is 5.10 Å². The van der Waals surface area contributed by atoms with E-state index in [1.807, 2.05) is 0 Å². The molecule has 0 fully saturated rings. The maximum atomic E-state index is 12.8. The Labute approximate surface area is 103 Å². The van der Waals surface area contributed by atoms with Gasteiger partial charge < -0.3 is 10.8 Å². The van der Waals surface area contributed by atoms with E-state index in [1.165, 1.54) is 16.8 Å². The Balaban J connectivity index is 2.23. The molecule has 0 atom stereocenters. The van der Waals surface area contributed by atoms with E-state index in [4.69, 9.17) is 10.8 Å². The highest BCUT2D eigenvalue weighted by Gasteiger charge is 2.08. The predicted molar refractivity (Wildman–Crippen MR) is 63.9 cm³/mol. The van der Waals surface area contributed by atoms with Crippen LogP contribution in [0.4, 0.5) is 10.2 Å². The summed E-state index contributed by atoms with van der Waals surface area (Å²) in [6, 6.07) is 7.35. The highest BCUT2D eigenvalue weighted by atomic mass is 19.1. The number of nitrogens with two attached hydrogens (primary N) is 1. The van der Waals surface area contributed by atoms with E-state index in [-0.39, 0.29) is 12.2 Å². The fourth-order valence-electron chi connectivity index (χ4n) is 1.59. The normalized spacial score (nSPS) is 10.5. The third-order valence-electron chi connectivity index (χ3n) is 2.45. The Morgan fingerprint density at radius 1 is 1.39 bits per heavy atom. The number of aryl methyl sites for hydroxylation is 1. The molecule has 0 amide bonds. The summed E-state index contributed by atoms with van der Waals surface area (Å²) in [5.74, 6) is -0.831. The van der Waals surface area contributed by atoms with E-state index >= 15 is 0 Å². The van der Waals surface area contributed by atoms with Crippen molar-refractivity contribution in [1.82, 2.24) is 9.78 Å². The van der Waals surface area contributed by atoms with E-state index < -0.39 is 5.97 Å². The Bertz CT molecular complexity index is 563. The molecule has 0 aliphatic rings. The molecule has 0 aliphatic carbocycles. The summed E-state index contributed by atoms with van der Waals surface area (Å²) in [4.78, 5) is 10.5. The van der Waals surface area contributed by atoms with Gasteiger partial charge in [0.25, 0.3) is 0 Å². The molecule has 5 nitrogen and oxygen atoms in total. The van der Waals surface area contributed by atoms with Crippen molar-refractivity contribution in [2.45, 2.75) is 12.8 Å². The van der Waals surface area contributed by atoms with Gasteiger partial charge in [0.05, 0.1) is 17.8 Å². The van der Waals surface area contributed by atoms with Gasteiger partial charge >= 0.3 is 5.97 Å². The zero-order valence-electron chi connectivity index (χ0n) is 9.51. The smallest absolute Gasteiger partial charge is 0.303 e. The first-order valence-corrected chi connectivity index (χ1v) is 5.38. The number of carbonyl (C=O) groups is 1. The second kappa shape index (κ2) is 4.87. The molecule has 2 aromatic rings. The summed E-state index contributed by atoms with van der Waals surface area (Å²) in [6.45, 7) is 0. The van der Waals surface area contributed by atoms with E-state index in [9.17, 15) is 9.18 Å². The van der Waals surface area contributed by atoms with Crippen molar-refractivity contribution in [1.29, 1.82) is 0 Å². The van der Waals surface area contributed by atoms with Crippen molar-refractivity contribution in [3.05, 3.63) is 41.8 Å². The zero-order valence-corrected chi connectivity index (χ0v) is 9.51. The van der Waals surface area contributed by atoms with Gasteiger partial charge in [0.2, 0.25) is 0 Å². The molecule has 0 saturated heterocycles. The van der Waals surface area contributed by atoms with Crippen LogP contribution in [-0.4, -0.2) is 20.9 Å². The molecule has 0 saturated carbocycles. The summed E-state index contributed by atoms with van der Waals surface area (Å²) in [7, 11) is 0. The first-order valence-electron chi connectivity index (χ1n) is 5.38. The second-order valence-corrected chi connectivity index (χ2v) is 3.84. The highest BCUT2D eigenvalue weighted by Crippen LogP contribution is 2.15. The van der Waals surface area contributed by atoms with Crippen LogP contribution >= 0.6 is 0 Å². The van der Waals surface area contributed by atoms with Gasteiger partial charge in [-0.15, -0.1) is 0 Å². The Kier molecular flexibility index (Phi) is 3.27. The first-order chi connectivity index (χ1) is 8.56. The number of aromatic nitrogens is 2. The summed E-state index contributed by atoms with van der Waals surface area (Å²) >= 11 is 0. The predicted octanol–water partition coefficient (Wildman–Crippen LogP) is 1.61. The monoisotopic (exact) mass is 249 g/mol. The summed E-state index contributed by atoms with van der Waals surface area (Å²) in [6.07, 6.45) is 0.313. The van der Waals surface area contributed by atoms with Crippen molar-refractivity contribution in [3.63, 3.8) is 0 Å². The topological polar surface area (TPSA) is 81.1 Å². The van der Waals surface area contributed by atoms with Crippen LogP contribution < -0.4 is 5.73 Å². The number of benzene rings is 1. The highest BCUT2D eigenvalue weighted by molar-refractivity contribution is 5.67. The third kappa shape index (κ3) is 2.65. The lowest BCUT2D eigenvalue weighted by Crippen LogP contribution is -2.02. The molecule has 18 heavy (non-hydrogen) atoms. The number of carboxylic acid groups (broad SMARTS) is 1. The maximum absolute atomic E-state index is 12.8. The van der Waals surface area contributed by atoms with E-state index in [1.54, 1.807) is 18.2 Å². The van der Waals surface area contributed by atoms with Crippen LogP contribution in [0.5, 0.6) is 0 Å². The number of halogens is 1. The lowest BCUT2D eigenvalue weighted by atomic mass is 10.2. The van der Waals surface area contributed by atoms with Gasteiger partial charge in [-0.05, 0) is 24.3 Å². The molecule has 1 heterocycles. The molecule has 6 heteroatoms. The van der Waals surface area contributed by atoms with E-state index in [2.05, 4.69) is 5.10 Å². The maximum Gasteiger partial charge on any atom is 0.303 e. The Morgan fingerprint density at radius 3 is 2.67 bits per heavy atom. The molecule has 1 aromatic heterocycles. The molecular formula is C12H12FN3O2. The van der Waals surface area contributed by atoms with Crippen LogP contribution in [0.25, 0.3) is 5.69 Å². The fraction of sp³-hybridized carbons (Fsp3) is 0.167. The average Bonchev–Trinajstić information content (AvgIpc) is 2.69. The summed E-state index contributed by atoms with van der Waals surface area (Å²) in [5.41, 5.74) is 7.01. The van der Waals surface area contributed by atoms with Crippen LogP contribution in [-0.2, 0) is 11.2 Å². The van der Waals surface area contributed by atoms with Gasteiger partial charge in [-0.1, -0.05) is 0 Å². The zero-order chi connectivity index (χ0) is 13.1. The fourth-order valence-corrected chi connectivity index (χ4v) is 1.59. The van der Waals surface area contributed by atoms with Gasteiger partial charge in [0.1, 0.15) is 11.6 Å². The molecule has 0 bridgehead atoms. The minimum Gasteiger partial charge on any atom is -0.481 e. The van der Waals surface area contributed by atoms with Gasteiger partial charge in [0.15, 0.2) is 0 Å². The van der Waals surface area contributed by atoms with Crippen molar-refractivity contribution in [3.8, 4) is 5.69 Å². The summed E-state index contributed by atoms with van der Waals surface area (Å²) in [5, 5.41) is 12.8. The number of nitrogen functional groups attached to an aromatic ring is 1. The average molecular weight is 249 g/mol. The van der Waals surface area contributed by atoms with Gasteiger partial charge in [0, 0.05) is 12.5 Å². The van der Waals surface area contributed by atoms with Gasteiger partial charge in [-0.3, -0.25) is 4.79 Å².